The second-order valence-electron chi connectivity index (χ2n) is 5.05. The highest BCUT2D eigenvalue weighted by Crippen LogP contribution is 2.38. The lowest BCUT2D eigenvalue weighted by Gasteiger charge is -2.19. The molecule has 0 bridgehead atoms. The minimum Gasteiger partial charge on any atom is -0.465 e. The van der Waals surface area contributed by atoms with E-state index in [4.69, 9.17) is 9.47 Å². The lowest BCUT2D eigenvalue weighted by atomic mass is 9.94. The van der Waals surface area contributed by atoms with E-state index in [1.54, 1.807) is 38.1 Å². The molecule has 0 amide bonds. The third-order valence-electron chi connectivity index (χ3n) is 3.31. The van der Waals surface area contributed by atoms with Crippen molar-refractivity contribution in [2.45, 2.75) is 13.8 Å². The van der Waals surface area contributed by atoms with Crippen LogP contribution in [0.1, 0.15) is 34.6 Å². The third-order valence-corrected chi connectivity index (χ3v) is 5.56. The van der Waals surface area contributed by atoms with Crippen molar-refractivity contribution in [2.75, 3.05) is 24.7 Å². The number of carbonyl (C=O) groups excluding carboxylic acids is 4. The zero-order valence-corrected chi connectivity index (χ0v) is 16.0. The van der Waals surface area contributed by atoms with Crippen molar-refractivity contribution in [1.82, 2.24) is 0 Å². The maximum absolute atomic E-state index is 12.8. The monoisotopic (exact) mass is 394 g/mol. The van der Waals surface area contributed by atoms with Crippen molar-refractivity contribution in [1.29, 1.82) is 0 Å². The van der Waals surface area contributed by atoms with Crippen molar-refractivity contribution in [2.24, 2.45) is 0 Å². The third kappa shape index (κ3) is 4.76. The summed E-state index contributed by atoms with van der Waals surface area (Å²) < 4.78 is 9.74. The largest absolute Gasteiger partial charge is 0.465 e. The summed E-state index contributed by atoms with van der Waals surface area (Å²) in [6.07, 6.45) is 0. The van der Waals surface area contributed by atoms with E-state index in [-0.39, 0.29) is 46.1 Å². The van der Waals surface area contributed by atoms with Gasteiger partial charge in [0.25, 0.3) is 0 Å². The number of carbonyl (C=O) groups is 4. The topological polar surface area (TPSA) is 86.7 Å². The lowest BCUT2D eigenvalue weighted by molar-refractivity contribution is -0.140. The molecule has 1 aromatic rings. The summed E-state index contributed by atoms with van der Waals surface area (Å²) in [6, 6.07) is 6.50. The smallest absolute Gasteiger partial charge is 0.316 e. The fourth-order valence-corrected chi connectivity index (χ4v) is 4.23. The Morgan fingerprint density at radius 3 is 1.54 bits per heavy atom. The van der Waals surface area contributed by atoms with Crippen LogP contribution < -0.4 is 0 Å². The van der Waals surface area contributed by atoms with Gasteiger partial charge < -0.3 is 9.47 Å². The van der Waals surface area contributed by atoms with E-state index >= 15 is 0 Å². The summed E-state index contributed by atoms with van der Waals surface area (Å²) >= 11 is 1.91. The predicted molar refractivity (Wildman–Crippen MR) is 100 cm³/mol. The van der Waals surface area contributed by atoms with Crippen LogP contribution in [0.4, 0.5) is 0 Å². The van der Waals surface area contributed by atoms with E-state index in [2.05, 4.69) is 0 Å². The summed E-state index contributed by atoms with van der Waals surface area (Å²) in [7, 11) is 0. The van der Waals surface area contributed by atoms with Crippen LogP contribution in [0.15, 0.2) is 34.1 Å². The molecule has 138 valence electrons. The van der Waals surface area contributed by atoms with Crippen LogP contribution in [-0.2, 0) is 19.1 Å². The molecule has 0 radical (unpaired) electrons. The highest BCUT2D eigenvalue weighted by atomic mass is 32.2. The molecule has 0 N–H and O–H groups in total. The number of hydrogen-bond donors (Lipinski definition) is 0. The van der Waals surface area contributed by atoms with Gasteiger partial charge in [-0.2, -0.15) is 0 Å². The molecule has 0 aliphatic heterocycles. The van der Waals surface area contributed by atoms with Crippen molar-refractivity contribution in [3.8, 4) is 0 Å². The maximum Gasteiger partial charge on any atom is 0.316 e. The molecule has 6 nitrogen and oxygen atoms in total. The Morgan fingerprint density at radius 2 is 1.19 bits per heavy atom. The number of allylic oxidation sites excluding steroid dienone is 2. The zero-order valence-electron chi connectivity index (χ0n) is 14.4. The minimum absolute atomic E-state index is 0.0895. The van der Waals surface area contributed by atoms with Crippen LogP contribution in [0, 0.1) is 0 Å². The quantitative estimate of drug-likeness (QED) is 0.622. The molecule has 0 atom stereocenters. The molecular weight excluding hydrogens is 376 g/mol. The van der Waals surface area contributed by atoms with Gasteiger partial charge in [-0.3, -0.25) is 19.2 Å². The van der Waals surface area contributed by atoms with Gasteiger partial charge in [-0.1, -0.05) is 24.3 Å². The second-order valence-corrected chi connectivity index (χ2v) is 7.02. The molecule has 0 heterocycles. The Labute approximate surface area is 159 Å². The molecule has 0 aromatic heterocycles. The number of ketones is 2. The molecule has 0 saturated carbocycles. The molecule has 2 rings (SSSR count). The number of Topliss-reactive ketones (excluding diaryl/α,β-unsaturated/α-hetero) is 2. The van der Waals surface area contributed by atoms with Crippen LogP contribution >= 0.6 is 23.5 Å². The number of benzene rings is 1. The Morgan fingerprint density at radius 1 is 0.808 bits per heavy atom. The molecule has 26 heavy (non-hydrogen) atoms. The Balaban J connectivity index is 2.30. The Hall–Kier alpha value is -2.06. The van der Waals surface area contributed by atoms with E-state index in [1.807, 2.05) is 0 Å². The van der Waals surface area contributed by atoms with Gasteiger partial charge in [-0.05, 0) is 13.8 Å². The van der Waals surface area contributed by atoms with Crippen LogP contribution in [0.25, 0.3) is 0 Å². The maximum atomic E-state index is 12.8. The fraction of sp³-hybridized carbons (Fsp3) is 0.333. The number of rotatable bonds is 8. The van der Waals surface area contributed by atoms with Gasteiger partial charge in [0.15, 0.2) is 0 Å². The van der Waals surface area contributed by atoms with Crippen molar-refractivity contribution in [3.63, 3.8) is 0 Å². The normalized spacial score (nSPS) is 13.5. The highest BCUT2D eigenvalue weighted by molar-refractivity contribution is 8.08. The standard InChI is InChI=1S/C18H18O6S2/c1-3-23-13(19)9-25-17-15(21)11-7-5-6-8-12(11)16(22)18(17)26-10-14(20)24-4-2/h5-8H,3-4,9-10H2,1-2H3. The molecule has 0 spiro atoms. The molecule has 1 aliphatic rings. The molecule has 1 aliphatic carbocycles. The number of thioether (sulfide) groups is 2. The van der Waals surface area contributed by atoms with Crippen LogP contribution in [0.5, 0.6) is 0 Å². The fourth-order valence-electron chi connectivity index (χ4n) is 2.26. The van der Waals surface area contributed by atoms with E-state index in [0.717, 1.165) is 23.5 Å². The molecule has 0 fully saturated rings. The van der Waals surface area contributed by atoms with Gasteiger partial charge in [0.2, 0.25) is 11.6 Å². The summed E-state index contributed by atoms with van der Waals surface area (Å²) in [6.45, 7) is 3.85. The predicted octanol–water partition coefficient (Wildman–Crippen LogP) is 2.87. The average molecular weight is 394 g/mol. The van der Waals surface area contributed by atoms with Gasteiger partial charge in [-0.25, -0.2) is 0 Å². The highest BCUT2D eigenvalue weighted by Gasteiger charge is 2.33. The summed E-state index contributed by atoms with van der Waals surface area (Å²) in [5.74, 6) is -1.79. The van der Waals surface area contributed by atoms with Crippen molar-refractivity contribution >= 4 is 47.0 Å². The first kappa shape index (κ1) is 20.3. The Bertz CT molecular complexity index is 706. The van der Waals surface area contributed by atoms with Crippen LogP contribution in [-0.4, -0.2) is 48.2 Å². The summed E-state index contributed by atoms with van der Waals surface area (Å²) in [4.78, 5) is 49.2. The van der Waals surface area contributed by atoms with Gasteiger partial charge in [0.05, 0.1) is 34.5 Å². The van der Waals surface area contributed by atoms with Gasteiger partial charge in [0, 0.05) is 11.1 Å². The van der Waals surface area contributed by atoms with E-state index in [9.17, 15) is 19.2 Å². The van der Waals surface area contributed by atoms with Gasteiger partial charge >= 0.3 is 11.9 Å². The van der Waals surface area contributed by atoms with Gasteiger partial charge in [0.1, 0.15) is 0 Å². The molecule has 1 aromatic carbocycles. The number of esters is 2. The number of hydrogen-bond acceptors (Lipinski definition) is 8. The molecular formula is C18H18O6S2. The summed E-state index contributed by atoms with van der Waals surface area (Å²) in [5.41, 5.74) is 0.591. The average Bonchev–Trinajstić information content (AvgIpc) is 2.63. The van der Waals surface area contributed by atoms with E-state index in [0.29, 0.717) is 11.1 Å². The van der Waals surface area contributed by atoms with Gasteiger partial charge in [-0.15, -0.1) is 23.5 Å². The van der Waals surface area contributed by atoms with Crippen molar-refractivity contribution < 1.29 is 28.7 Å². The first-order valence-electron chi connectivity index (χ1n) is 7.99. The lowest BCUT2D eigenvalue weighted by Crippen LogP contribution is -2.21. The first-order valence-corrected chi connectivity index (χ1v) is 9.96. The first-order chi connectivity index (χ1) is 12.5. The van der Waals surface area contributed by atoms with E-state index in [1.165, 1.54) is 0 Å². The zero-order chi connectivity index (χ0) is 19.1. The number of ether oxygens (including phenoxy) is 2. The van der Waals surface area contributed by atoms with E-state index < -0.39 is 11.9 Å². The second kappa shape index (κ2) is 9.59. The molecule has 0 saturated heterocycles. The molecule has 0 unspecified atom stereocenters. The summed E-state index contributed by atoms with van der Waals surface area (Å²) in [5, 5.41) is 0. The minimum atomic E-state index is -0.473. The molecule has 8 heteroatoms. The Kier molecular flexibility index (Phi) is 7.47. The number of fused-ring (bicyclic) bond motifs is 1. The van der Waals surface area contributed by atoms with Crippen LogP contribution in [0.2, 0.25) is 0 Å². The van der Waals surface area contributed by atoms with Crippen molar-refractivity contribution in [3.05, 3.63) is 45.2 Å². The SMILES string of the molecule is CCOC(=O)CSC1=C(SCC(=O)OCC)C(=O)c2ccccc2C1=O. The van der Waals surface area contributed by atoms with Crippen LogP contribution in [0.3, 0.4) is 0 Å².